The maximum Gasteiger partial charge on any atom is 0.191 e. The molecule has 0 radical (unpaired) electrons. The Hall–Kier alpha value is -2.08. The highest BCUT2D eigenvalue weighted by Crippen LogP contribution is 2.26. The van der Waals surface area contributed by atoms with Gasteiger partial charge in [-0.05, 0) is 38.7 Å². The van der Waals surface area contributed by atoms with Crippen molar-refractivity contribution in [3.63, 3.8) is 0 Å². The monoisotopic (exact) mass is 372 g/mol. The minimum atomic E-state index is 0.371. The topological polar surface area (TPSA) is 58.5 Å². The molecule has 1 aliphatic carbocycles. The molecule has 1 saturated carbocycles. The van der Waals surface area contributed by atoms with Gasteiger partial charge in [0.15, 0.2) is 5.96 Å². The molecule has 0 spiro atoms. The van der Waals surface area contributed by atoms with Gasteiger partial charge in [0.1, 0.15) is 5.75 Å². The Labute approximate surface area is 159 Å². The van der Waals surface area contributed by atoms with Crippen LogP contribution in [0.1, 0.15) is 41.1 Å². The summed E-state index contributed by atoms with van der Waals surface area (Å²) >= 11 is 1.75. The van der Waals surface area contributed by atoms with E-state index in [4.69, 9.17) is 4.74 Å². The van der Waals surface area contributed by atoms with Crippen LogP contribution in [0.3, 0.4) is 0 Å². The standard InChI is InChI=1S/C20H28N4OS/c1-15-13-23-19(26-15)11-12-22-20(21-2)24-14-16-7-3-6-10-18(16)25-17-8-4-5-9-17/h3,6-7,10,13,17H,4-5,8-9,11-12,14H2,1-2H3,(H2,21,22,24). The summed E-state index contributed by atoms with van der Waals surface area (Å²) in [4.78, 5) is 9.95. The second-order valence-corrected chi connectivity index (χ2v) is 7.92. The normalized spacial score (nSPS) is 15.2. The van der Waals surface area contributed by atoms with Crippen LogP contribution in [-0.2, 0) is 13.0 Å². The summed E-state index contributed by atoms with van der Waals surface area (Å²) in [5.74, 6) is 1.79. The number of guanidine groups is 1. The van der Waals surface area contributed by atoms with E-state index in [1.54, 1.807) is 18.4 Å². The molecule has 0 aliphatic heterocycles. The molecule has 1 aromatic carbocycles. The molecule has 0 saturated heterocycles. The summed E-state index contributed by atoms with van der Waals surface area (Å²) in [5.41, 5.74) is 1.16. The molecule has 2 aromatic rings. The molecular formula is C20H28N4OS. The molecule has 0 bridgehead atoms. The first kappa shape index (κ1) is 18.7. The number of aromatic nitrogens is 1. The molecule has 1 aromatic heterocycles. The molecule has 140 valence electrons. The minimum absolute atomic E-state index is 0.371. The van der Waals surface area contributed by atoms with E-state index in [1.165, 1.54) is 30.6 Å². The third kappa shape index (κ3) is 5.46. The zero-order valence-electron chi connectivity index (χ0n) is 15.6. The van der Waals surface area contributed by atoms with E-state index in [1.807, 2.05) is 12.3 Å². The van der Waals surface area contributed by atoms with Crippen molar-refractivity contribution in [3.05, 3.63) is 45.9 Å². The highest BCUT2D eigenvalue weighted by molar-refractivity contribution is 7.11. The van der Waals surface area contributed by atoms with Crippen molar-refractivity contribution in [2.24, 2.45) is 4.99 Å². The van der Waals surface area contributed by atoms with E-state index in [2.05, 4.69) is 45.7 Å². The summed E-state index contributed by atoms with van der Waals surface area (Å²) in [6, 6.07) is 8.27. The van der Waals surface area contributed by atoms with Gasteiger partial charge in [-0.3, -0.25) is 4.99 Å². The predicted molar refractivity (Wildman–Crippen MR) is 108 cm³/mol. The zero-order valence-corrected chi connectivity index (χ0v) is 16.4. The molecular weight excluding hydrogens is 344 g/mol. The fraction of sp³-hybridized carbons (Fsp3) is 0.500. The van der Waals surface area contributed by atoms with Crippen molar-refractivity contribution in [2.45, 2.75) is 51.7 Å². The lowest BCUT2D eigenvalue weighted by molar-refractivity contribution is 0.208. The molecule has 1 aliphatic rings. The SMILES string of the molecule is CN=C(NCCc1ncc(C)s1)NCc1ccccc1OC1CCCC1. The molecule has 26 heavy (non-hydrogen) atoms. The number of para-hydroxylation sites is 1. The lowest BCUT2D eigenvalue weighted by atomic mass is 10.2. The second kappa shape index (κ2) is 9.57. The van der Waals surface area contributed by atoms with Crippen LogP contribution in [0.2, 0.25) is 0 Å². The zero-order chi connectivity index (χ0) is 18.2. The molecule has 1 heterocycles. The maximum absolute atomic E-state index is 6.21. The number of hydrogen-bond acceptors (Lipinski definition) is 4. The van der Waals surface area contributed by atoms with Crippen LogP contribution in [0.25, 0.3) is 0 Å². The third-order valence-electron chi connectivity index (χ3n) is 4.54. The van der Waals surface area contributed by atoms with Crippen molar-refractivity contribution in [1.29, 1.82) is 0 Å². The summed E-state index contributed by atoms with van der Waals surface area (Å²) in [6.07, 6.45) is 8.09. The van der Waals surface area contributed by atoms with E-state index >= 15 is 0 Å². The van der Waals surface area contributed by atoms with Gasteiger partial charge in [-0.15, -0.1) is 11.3 Å². The van der Waals surface area contributed by atoms with Gasteiger partial charge in [0.25, 0.3) is 0 Å². The summed E-state index contributed by atoms with van der Waals surface area (Å²) < 4.78 is 6.21. The van der Waals surface area contributed by atoms with Gasteiger partial charge < -0.3 is 15.4 Å². The van der Waals surface area contributed by atoms with Gasteiger partial charge in [0.2, 0.25) is 0 Å². The predicted octanol–water partition coefficient (Wildman–Crippen LogP) is 3.68. The number of ether oxygens (including phenoxy) is 1. The third-order valence-corrected chi connectivity index (χ3v) is 5.51. The Morgan fingerprint density at radius 1 is 1.27 bits per heavy atom. The van der Waals surface area contributed by atoms with Crippen LogP contribution in [0.15, 0.2) is 35.5 Å². The Kier molecular flexibility index (Phi) is 6.89. The number of rotatable bonds is 7. The lowest BCUT2D eigenvalue weighted by Gasteiger charge is -2.17. The fourth-order valence-corrected chi connectivity index (χ4v) is 3.94. The Morgan fingerprint density at radius 2 is 2.08 bits per heavy atom. The van der Waals surface area contributed by atoms with E-state index in [0.29, 0.717) is 12.6 Å². The highest BCUT2D eigenvalue weighted by Gasteiger charge is 2.17. The van der Waals surface area contributed by atoms with Crippen molar-refractivity contribution >= 4 is 17.3 Å². The first-order valence-corrected chi connectivity index (χ1v) is 10.2. The molecule has 2 N–H and O–H groups in total. The molecule has 0 unspecified atom stereocenters. The van der Waals surface area contributed by atoms with Crippen LogP contribution < -0.4 is 15.4 Å². The Balaban J connectivity index is 1.48. The molecule has 0 amide bonds. The summed E-state index contributed by atoms with van der Waals surface area (Å²) in [7, 11) is 1.80. The van der Waals surface area contributed by atoms with E-state index in [0.717, 1.165) is 35.2 Å². The quantitative estimate of drug-likeness (QED) is 0.575. The average Bonchev–Trinajstić information content (AvgIpc) is 3.31. The van der Waals surface area contributed by atoms with Crippen LogP contribution in [-0.4, -0.2) is 30.6 Å². The van der Waals surface area contributed by atoms with E-state index in [-0.39, 0.29) is 0 Å². The summed E-state index contributed by atoms with van der Waals surface area (Å²) in [6.45, 7) is 3.59. The highest BCUT2D eigenvalue weighted by atomic mass is 32.1. The fourth-order valence-electron chi connectivity index (χ4n) is 3.16. The van der Waals surface area contributed by atoms with Crippen LogP contribution in [0.4, 0.5) is 0 Å². The molecule has 6 heteroatoms. The van der Waals surface area contributed by atoms with Crippen LogP contribution in [0, 0.1) is 6.92 Å². The van der Waals surface area contributed by atoms with E-state index < -0.39 is 0 Å². The number of nitrogens with zero attached hydrogens (tertiary/aromatic N) is 2. The van der Waals surface area contributed by atoms with Crippen molar-refractivity contribution in [2.75, 3.05) is 13.6 Å². The lowest BCUT2D eigenvalue weighted by Crippen LogP contribution is -2.38. The van der Waals surface area contributed by atoms with Crippen molar-refractivity contribution in [3.8, 4) is 5.75 Å². The molecule has 1 fully saturated rings. The van der Waals surface area contributed by atoms with Gasteiger partial charge in [0.05, 0.1) is 11.1 Å². The Morgan fingerprint density at radius 3 is 2.81 bits per heavy atom. The van der Waals surface area contributed by atoms with Gasteiger partial charge in [-0.2, -0.15) is 0 Å². The van der Waals surface area contributed by atoms with E-state index in [9.17, 15) is 0 Å². The van der Waals surface area contributed by atoms with Crippen molar-refractivity contribution in [1.82, 2.24) is 15.6 Å². The van der Waals surface area contributed by atoms with Gasteiger partial charge in [0, 0.05) is 43.2 Å². The van der Waals surface area contributed by atoms with Crippen molar-refractivity contribution < 1.29 is 4.74 Å². The van der Waals surface area contributed by atoms with Gasteiger partial charge in [-0.25, -0.2) is 4.98 Å². The van der Waals surface area contributed by atoms with Gasteiger partial charge in [-0.1, -0.05) is 18.2 Å². The average molecular weight is 373 g/mol. The number of aliphatic imine (C=N–C) groups is 1. The number of benzene rings is 1. The summed E-state index contributed by atoms with van der Waals surface area (Å²) in [5, 5.41) is 7.89. The van der Waals surface area contributed by atoms with Crippen LogP contribution >= 0.6 is 11.3 Å². The second-order valence-electron chi connectivity index (χ2n) is 6.60. The number of thiazole rings is 1. The molecule has 0 atom stereocenters. The van der Waals surface area contributed by atoms with Crippen LogP contribution in [0.5, 0.6) is 5.75 Å². The first-order valence-electron chi connectivity index (χ1n) is 9.35. The Bertz CT molecular complexity index is 722. The smallest absolute Gasteiger partial charge is 0.191 e. The molecule has 5 nitrogen and oxygen atoms in total. The van der Waals surface area contributed by atoms with Gasteiger partial charge >= 0.3 is 0 Å². The molecule has 3 rings (SSSR count). The minimum Gasteiger partial charge on any atom is -0.490 e. The maximum atomic E-state index is 6.21. The number of hydrogen-bond donors (Lipinski definition) is 2. The largest absolute Gasteiger partial charge is 0.490 e. The number of nitrogens with one attached hydrogen (secondary N) is 2. The first-order chi connectivity index (χ1) is 12.7. The number of aryl methyl sites for hydroxylation is 1.